The van der Waals surface area contributed by atoms with Gasteiger partial charge in [-0.05, 0) is 111 Å². The number of Topliss-reactive ketones (excluding diaryl/α,β-unsaturated/α-hetero) is 1. The molecule has 46 heteroatoms. The number of carbonyl (C=O) groups is 20. The van der Waals surface area contributed by atoms with Gasteiger partial charge in [-0.2, -0.15) is 0 Å². The first-order valence-electron chi connectivity index (χ1n) is 43.6. The van der Waals surface area contributed by atoms with E-state index in [1.54, 1.807) is 13.0 Å². The first-order valence-corrected chi connectivity index (χ1v) is 44.4. The van der Waals surface area contributed by atoms with Crippen LogP contribution in [0.5, 0.6) is 5.75 Å². The number of nitrogen functional groups attached to an aromatic ring is 1. The highest BCUT2D eigenvalue weighted by Crippen LogP contribution is 2.73. The molecule has 2 aromatic carbocycles. The summed E-state index contributed by atoms with van der Waals surface area (Å²) in [6.07, 6.45) is -0.454. The summed E-state index contributed by atoms with van der Waals surface area (Å²) in [5.41, 5.74) is 0.604. The largest absolute Gasteiger partial charge is 0.493 e. The Hall–Kier alpha value is -13.3. The van der Waals surface area contributed by atoms with E-state index in [9.17, 15) is 96.2 Å². The summed E-state index contributed by atoms with van der Waals surface area (Å²) in [6.45, 7) is -3.93. The van der Waals surface area contributed by atoms with Crippen LogP contribution in [0.1, 0.15) is 86.5 Å². The summed E-state index contributed by atoms with van der Waals surface area (Å²) < 4.78 is 60.0. The van der Waals surface area contributed by atoms with Crippen molar-refractivity contribution in [3.63, 3.8) is 0 Å². The third kappa shape index (κ3) is 25.6. The first-order chi connectivity index (χ1) is 63.9. The highest BCUT2D eigenvalue weighted by Gasteiger charge is 2.80. The molecule has 3 aromatic rings. The Bertz CT molecular complexity index is 5250. The van der Waals surface area contributed by atoms with E-state index >= 15 is 13.6 Å². The lowest BCUT2D eigenvalue weighted by Gasteiger charge is -2.63. The van der Waals surface area contributed by atoms with Gasteiger partial charge in [-0.25, -0.2) is 13.7 Å². The number of imide groups is 1. The molecule has 6 aliphatic rings. The van der Waals surface area contributed by atoms with Gasteiger partial charge in [-0.15, -0.1) is 11.3 Å². The average molecular weight is 1920 g/mol. The zero-order valence-corrected chi connectivity index (χ0v) is 78.8. The molecule has 136 heavy (non-hydrogen) atoms. The molecule has 9 rings (SSSR count). The van der Waals surface area contributed by atoms with Crippen LogP contribution >= 0.6 is 11.3 Å². The standard InChI is InChI=1S/C90H117F2N17O26S/c1-52(85(131)96-38-70(115)97-51-132-50-66(112)90-67(134-86(135-90)64-23-22-58(136-64)31-53-16-14-17-55(93)30-53)35-59-60-34-62(91)61-33-57(110)27-28-87(61,2)89(60,92)65(111)36-88(59,90)3)98-71(116)39-95-69(114)37-94-68(113)24-20-54-19-21-56(109-73(118)25-26-74(109)119)32-63(54)133-29-15-18-72(117)99(4)40-75(120)100(5)41-76(121)101(6)42-77(122)102(7)43-78(123)103(8)44-79(124)104(9)45-80(125)105(10)46-81(126)106(11)47-82(127)107(12)48-83(128)108(13)49-84(129)130/h14,16-17,19,21-23,25-28,30,32-33,52,59-60,62,65,67,86,111H,15,18,20,24,29,31,34-51,93H2,1-13H3,(H,94,113)(H,95,114)(H,96,131)(H,97,115)(H,98,116)(H,129,130)/t52-,59?,60-,62-,65-,67+,86+,87-,88-,89-,90+/m0/s1. The molecular formula is C90H117F2N17O26S. The summed E-state index contributed by atoms with van der Waals surface area (Å²) in [5.74, 6) is -16.0. The van der Waals surface area contributed by atoms with Crippen LogP contribution < -0.4 is 42.0 Å². The number of carboxylic acids is 1. The molecule has 4 fully saturated rings. The van der Waals surface area contributed by atoms with E-state index < -0.39 is 281 Å². The van der Waals surface area contributed by atoms with Crippen LogP contribution in [0.2, 0.25) is 0 Å². The Kier molecular flexibility index (Phi) is 35.8. The van der Waals surface area contributed by atoms with Gasteiger partial charge in [0, 0.05) is 135 Å². The highest BCUT2D eigenvalue weighted by atomic mass is 32.1. The van der Waals surface area contributed by atoms with Crippen molar-refractivity contribution >= 4 is 141 Å². The molecule has 1 unspecified atom stereocenters. The smallest absolute Gasteiger partial charge is 0.323 e. The van der Waals surface area contributed by atoms with Gasteiger partial charge in [-0.3, -0.25) is 95.9 Å². The van der Waals surface area contributed by atoms with Crippen molar-refractivity contribution in [1.29, 1.82) is 0 Å². The number of amides is 17. The van der Waals surface area contributed by atoms with Crippen LogP contribution in [0, 0.1) is 22.7 Å². The average Bonchev–Trinajstić information content (AvgIpc) is 1.57. The van der Waals surface area contributed by atoms with Crippen LogP contribution in [-0.4, -0.2) is 388 Å². The number of aliphatic hydroxyl groups is 1. The fraction of sp³-hybridized carbons (Fsp3) is 0.533. The van der Waals surface area contributed by atoms with Crippen LogP contribution in [-0.2, 0) is 123 Å². The fourth-order valence-corrected chi connectivity index (χ4v) is 18.3. The number of likely N-dealkylation sites (N-methyl/N-ethyl adjacent to an activating group) is 10. The molecule has 0 bridgehead atoms. The molecular weight excluding hydrogens is 1810 g/mol. The number of aliphatic hydroxyl groups excluding tert-OH is 1. The number of ether oxygens (including phenoxy) is 4. The summed E-state index contributed by atoms with van der Waals surface area (Å²) in [6, 6.07) is 14.2. The second-order valence-electron chi connectivity index (χ2n) is 35.2. The normalized spacial score (nSPS) is 21.7. The number of alkyl halides is 2. The molecule has 1 saturated heterocycles. The van der Waals surface area contributed by atoms with Crippen molar-refractivity contribution in [2.45, 2.75) is 114 Å². The van der Waals surface area contributed by atoms with E-state index in [1.807, 2.05) is 30.3 Å². The number of carbonyl (C=O) groups excluding carboxylic acids is 19. The van der Waals surface area contributed by atoms with Crippen molar-refractivity contribution < 1.29 is 134 Å². The number of ketones is 2. The number of rotatable bonds is 45. The van der Waals surface area contributed by atoms with Gasteiger partial charge in [0.1, 0.15) is 37.8 Å². The molecule has 1 aromatic heterocycles. The van der Waals surface area contributed by atoms with E-state index in [2.05, 4.69) is 26.6 Å². The van der Waals surface area contributed by atoms with Crippen molar-refractivity contribution in [1.82, 2.24) is 75.6 Å². The number of benzene rings is 2. The van der Waals surface area contributed by atoms with E-state index in [0.717, 1.165) is 82.6 Å². The van der Waals surface area contributed by atoms with Crippen molar-refractivity contribution in [3.8, 4) is 5.75 Å². The minimum absolute atomic E-state index is 0.0208. The van der Waals surface area contributed by atoms with Crippen molar-refractivity contribution in [3.05, 3.63) is 111 Å². The highest BCUT2D eigenvalue weighted by molar-refractivity contribution is 7.12. The Morgan fingerprint density at radius 1 is 0.588 bits per heavy atom. The van der Waals surface area contributed by atoms with Crippen LogP contribution in [0.4, 0.5) is 20.2 Å². The fourth-order valence-electron chi connectivity index (χ4n) is 17.2. The summed E-state index contributed by atoms with van der Waals surface area (Å²) >= 11 is 1.38. The van der Waals surface area contributed by atoms with Gasteiger partial charge in [0.05, 0.1) is 108 Å². The predicted octanol–water partition coefficient (Wildman–Crippen LogP) is -2.59. The number of thiophene rings is 1. The van der Waals surface area contributed by atoms with Crippen LogP contribution in [0.25, 0.3) is 0 Å². The maximum Gasteiger partial charge on any atom is 0.323 e. The summed E-state index contributed by atoms with van der Waals surface area (Å²) in [5, 5.41) is 33.0. The molecule has 0 radical (unpaired) electrons. The lowest BCUT2D eigenvalue weighted by atomic mass is 9.44. The van der Waals surface area contributed by atoms with Crippen molar-refractivity contribution in [2.24, 2.45) is 22.7 Å². The SMILES string of the molecule is C[C@H](NC(=O)CNC(=O)CNC(=O)CCc1ccc(N2C(=O)C=CC2=O)cc1OCCCC(=O)N(C)CC(=O)N(C)CC(=O)N(C)CC(=O)N(C)CC(=O)N(C)CC(=O)N(C)CC(=O)N(C)CC(=O)N(C)CC(=O)N(C)CC(=O)N(C)CC(=O)O)C(=O)NCC(=O)NCOCC(=O)[C@@]12O[C@H](c3ccc(Cc4cccc(N)c4)s3)O[C@@H]1CC1[C@@H]3C[C@H](F)C4=CC(=O)C=C[C@]4(C)[C@@]3(F)[C@@H](O)C[C@@]12C. The van der Waals surface area contributed by atoms with Gasteiger partial charge >= 0.3 is 5.97 Å². The number of nitrogens with two attached hydrogens (primary N) is 1. The Morgan fingerprint density at radius 3 is 1.60 bits per heavy atom. The molecule has 4 aliphatic carbocycles. The third-order valence-corrected chi connectivity index (χ3v) is 26.3. The van der Waals surface area contributed by atoms with Gasteiger partial charge in [0.25, 0.3) is 11.8 Å². The zero-order valence-electron chi connectivity index (χ0n) is 77.9. The monoisotopic (exact) mass is 1920 g/mol. The lowest BCUT2D eigenvalue weighted by Crippen LogP contribution is -2.70. The Morgan fingerprint density at radius 2 is 1.08 bits per heavy atom. The number of carboxylic acid groups (broad SMARTS) is 1. The minimum Gasteiger partial charge on any atom is -0.493 e. The minimum atomic E-state index is -2.47. The third-order valence-electron chi connectivity index (χ3n) is 25.2. The second-order valence-corrected chi connectivity index (χ2v) is 36.4. The number of allylic oxidation sites excluding steroid dienone is 4. The van der Waals surface area contributed by atoms with E-state index in [0.29, 0.717) is 22.5 Å². The van der Waals surface area contributed by atoms with E-state index in [-0.39, 0.29) is 68.6 Å². The molecule has 2 aliphatic heterocycles. The molecule has 738 valence electrons. The van der Waals surface area contributed by atoms with Gasteiger partial charge < -0.3 is 110 Å². The predicted molar refractivity (Wildman–Crippen MR) is 479 cm³/mol. The Balaban J connectivity index is 0.652. The zero-order chi connectivity index (χ0) is 100. The maximum atomic E-state index is 18.2. The number of hydrogen-bond acceptors (Lipinski definition) is 27. The van der Waals surface area contributed by atoms with Gasteiger partial charge in [0.15, 0.2) is 29.1 Å². The number of aryl methyl sites for hydroxylation is 1. The molecule has 43 nitrogen and oxygen atoms in total. The van der Waals surface area contributed by atoms with Gasteiger partial charge in [-0.1, -0.05) is 31.2 Å². The molecule has 3 heterocycles. The summed E-state index contributed by atoms with van der Waals surface area (Å²) in [4.78, 5) is 272. The van der Waals surface area contributed by atoms with Gasteiger partial charge in [0.2, 0.25) is 88.6 Å². The molecule has 0 spiro atoms. The molecule has 17 amide bonds. The number of hydrogen-bond donors (Lipinski definition) is 8. The number of fused-ring (bicyclic) bond motifs is 7. The number of aliphatic carboxylic acids is 1. The van der Waals surface area contributed by atoms with E-state index in [1.165, 1.54) is 126 Å². The van der Waals surface area contributed by atoms with Crippen LogP contribution in [0.3, 0.4) is 0 Å². The molecule has 11 atom stereocenters. The van der Waals surface area contributed by atoms with E-state index in [4.69, 9.17) is 29.8 Å². The Labute approximate surface area is 786 Å². The lowest BCUT2D eigenvalue weighted by molar-refractivity contribution is -0.235. The molecule has 9 N–H and O–H groups in total. The van der Waals surface area contributed by atoms with Crippen molar-refractivity contribution in [2.75, 3.05) is 186 Å². The second kappa shape index (κ2) is 45.8. The quantitative estimate of drug-likeness (QED) is 0.0125. The van der Waals surface area contributed by atoms with Crippen LogP contribution in [0.15, 0.2) is 90.6 Å². The summed E-state index contributed by atoms with van der Waals surface area (Å²) in [7, 11) is 12.9. The first kappa shape index (κ1) is 106. The molecule has 3 saturated carbocycles. The number of nitrogens with zero attached hydrogens (tertiary/aromatic N) is 11. The number of halogens is 2. The number of nitrogens with one attached hydrogen (secondary N) is 5. The maximum absolute atomic E-state index is 18.2. The topological polar surface area (TPSA) is 541 Å². The number of anilines is 2.